The number of carbonyl (C=O) groups is 2. The van der Waals surface area contributed by atoms with Gasteiger partial charge in [0.2, 0.25) is 0 Å². The van der Waals surface area contributed by atoms with E-state index in [1.165, 1.54) is 0 Å². The van der Waals surface area contributed by atoms with Crippen LogP contribution in [0.15, 0.2) is 30.3 Å². The lowest BCUT2D eigenvalue weighted by Gasteiger charge is -2.26. The maximum atomic E-state index is 11.6. The number of carboxylic acids is 1. The molecular weight excluding hydrogens is 218 g/mol. The minimum atomic E-state index is -1.03. The van der Waals surface area contributed by atoms with E-state index in [4.69, 9.17) is 5.11 Å². The molecule has 2 atom stereocenters. The first kappa shape index (κ1) is 11.8. The molecule has 4 nitrogen and oxygen atoms in total. The third-order valence-electron chi connectivity index (χ3n) is 3.07. The van der Waals surface area contributed by atoms with Gasteiger partial charge in [0.05, 0.1) is 0 Å². The van der Waals surface area contributed by atoms with Gasteiger partial charge in [0.15, 0.2) is 0 Å². The fourth-order valence-electron chi connectivity index (χ4n) is 2.12. The first-order valence-electron chi connectivity index (χ1n) is 5.69. The van der Waals surface area contributed by atoms with Gasteiger partial charge in [-0.1, -0.05) is 30.3 Å². The molecule has 1 saturated heterocycles. The minimum Gasteiger partial charge on any atom is -0.481 e. The van der Waals surface area contributed by atoms with E-state index < -0.39 is 11.9 Å². The normalized spacial score (nSPS) is 24.6. The van der Waals surface area contributed by atoms with Gasteiger partial charge >= 0.3 is 5.97 Å². The zero-order valence-corrected chi connectivity index (χ0v) is 9.43. The van der Waals surface area contributed by atoms with E-state index in [0.29, 0.717) is 6.42 Å². The molecular formula is C13H15NO3. The predicted octanol–water partition coefficient (Wildman–Crippen LogP) is 0.861. The number of nitrogens with one attached hydrogen (secondary N) is 1. The van der Waals surface area contributed by atoms with E-state index in [1.54, 1.807) is 0 Å². The topological polar surface area (TPSA) is 66.4 Å². The van der Waals surface area contributed by atoms with E-state index in [-0.39, 0.29) is 18.4 Å². The quantitative estimate of drug-likeness (QED) is 0.760. The van der Waals surface area contributed by atoms with E-state index in [9.17, 15) is 9.59 Å². The summed E-state index contributed by atoms with van der Waals surface area (Å²) in [7, 11) is 0. The van der Waals surface area contributed by atoms with Crippen molar-refractivity contribution in [1.29, 1.82) is 0 Å². The van der Waals surface area contributed by atoms with Crippen LogP contribution in [0.4, 0.5) is 0 Å². The Balaban J connectivity index is 1.94. The number of benzene rings is 1. The predicted molar refractivity (Wildman–Crippen MR) is 62.7 cm³/mol. The number of carboxylic acid groups (broad SMARTS) is 1. The summed E-state index contributed by atoms with van der Waals surface area (Å²) in [6.45, 7) is 0.242. The SMILES string of the molecule is O=C(O)C1CNC(Cc2ccccc2)CC1=O. The van der Waals surface area contributed by atoms with Crippen LogP contribution in [0.2, 0.25) is 0 Å². The number of hydrogen-bond acceptors (Lipinski definition) is 3. The van der Waals surface area contributed by atoms with Crippen molar-refractivity contribution in [2.24, 2.45) is 5.92 Å². The number of aliphatic carboxylic acids is 1. The Hall–Kier alpha value is -1.68. The molecule has 1 aromatic carbocycles. The van der Waals surface area contributed by atoms with Crippen molar-refractivity contribution in [1.82, 2.24) is 5.32 Å². The molecule has 17 heavy (non-hydrogen) atoms. The van der Waals surface area contributed by atoms with Gasteiger partial charge in [-0.2, -0.15) is 0 Å². The molecule has 0 amide bonds. The summed E-state index contributed by atoms with van der Waals surface area (Å²) in [6.07, 6.45) is 1.06. The highest BCUT2D eigenvalue weighted by Crippen LogP contribution is 2.14. The van der Waals surface area contributed by atoms with Crippen LogP contribution in [0, 0.1) is 5.92 Å². The number of rotatable bonds is 3. The molecule has 0 saturated carbocycles. The molecule has 0 radical (unpaired) electrons. The zero-order chi connectivity index (χ0) is 12.3. The van der Waals surface area contributed by atoms with Crippen LogP contribution in [-0.2, 0) is 16.0 Å². The Labute approximate surface area is 99.6 Å². The maximum absolute atomic E-state index is 11.6. The van der Waals surface area contributed by atoms with Gasteiger partial charge in [-0.25, -0.2) is 0 Å². The van der Waals surface area contributed by atoms with Gasteiger partial charge < -0.3 is 10.4 Å². The van der Waals surface area contributed by atoms with Crippen molar-refractivity contribution >= 4 is 11.8 Å². The molecule has 1 heterocycles. The van der Waals surface area contributed by atoms with E-state index in [0.717, 1.165) is 12.0 Å². The molecule has 0 aromatic heterocycles. The summed E-state index contributed by atoms with van der Waals surface area (Å²) in [4.78, 5) is 22.4. The van der Waals surface area contributed by atoms with Crippen molar-refractivity contribution in [3.8, 4) is 0 Å². The highest BCUT2D eigenvalue weighted by Gasteiger charge is 2.32. The third-order valence-corrected chi connectivity index (χ3v) is 3.07. The molecule has 90 valence electrons. The highest BCUT2D eigenvalue weighted by molar-refractivity contribution is 5.99. The van der Waals surface area contributed by atoms with Crippen LogP contribution in [0.1, 0.15) is 12.0 Å². The summed E-state index contributed by atoms with van der Waals surface area (Å²) < 4.78 is 0. The second kappa shape index (κ2) is 5.10. The van der Waals surface area contributed by atoms with Crippen molar-refractivity contribution < 1.29 is 14.7 Å². The standard InChI is InChI=1S/C13H15NO3/c15-12-7-10(14-8-11(12)13(16)17)6-9-4-2-1-3-5-9/h1-5,10-11,14H,6-8H2,(H,16,17). The summed E-state index contributed by atoms with van der Waals surface area (Å²) in [6, 6.07) is 9.94. The maximum Gasteiger partial charge on any atom is 0.315 e. The molecule has 1 fully saturated rings. The van der Waals surface area contributed by atoms with Crippen LogP contribution in [-0.4, -0.2) is 29.4 Å². The number of carbonyl (C=O) groups excluding carboxylic acids is 1. The second-order valence-electron chi connectivity index (χ2n) is 4.36. The Morgan fingerprint density at radius 1 is 1.35 bits per heavy atom. The summed E-state index contributed by atoms with van der Waals surface area (Å²) in [5.41, 5.74) is 1.16. The molecule has 0 spiro atoms. The highest BCUT2D eigenvalue weighted by atomic mass is 16.4. The molecule has 2 rings (SSSR count). The van der Waals surface area contributed by atoms with Crippen LogP contribution >= 0.6 is 0 Å². The first-order valence-corrected chi connectivity index (χ1v) is 5.69. The summed E-state index contributed by atoms with van der Waals surface area (Å²) in [5.74, 6) is -2.07. The molecule has 1 aliphatic heterocycles. The fourth-order valence-corrected chi connectivity index (χ4v) is 2.12. The Morgan fingerprint density at radius 3 is 2.65 bits per heavy atom. The van der Waals surface area contributed by atoms with Gasteiger partial charge in [0.1, 0.15) is 11.7 Å². The molecule has 0 bridgehead atoms. The average molecular weight is 233 g/mol. The van der Waals surface area contributed by atoms with Crippen molar-refractivity contribution in [3.05, 3.63) is 35.9 Å². The average Bonchev–Trinajstić information content (AvgIpc) is 2.30. The molecule has 2 unspecified atom stereocenters. The van der Waals surface area contributed by atoms with Crippen molar-refractivity contribution in [3.63, 3.8) is 0 Å². The molecule has 1 aromatic rings. The van der Waals surface area contributed by atoms with Crippen LogP contribution in [0.25, 0.3) is 0 Å². The van der Waals surface area contributed by atoms with Gasteiger partial charge in [-0.15, -0.1) is 0 Å². The Kier molecular flexibility index (Phi) is 3.54. The third kappa shape index (κ3) is 2.91. The zero-order valence-electron chi connectivity index (χ0n) is 9.43. The summed E-state index contributed by atoms with van der Waals surface area (Å²) >= 11 is 0. The minimum absolute atomic E-state index is 0.0560. The van der Waals surface area contributed by atoms with Gasteiger partial charge in [-0.05, 0) is 12.0 Å². The number of piperidine rings is 1. The molecule has 4 heteroatoms. The van der Waals surface area contributed by atoms with Crippen LogP contribution < -0.4 is 5.32 Å². The van der Waals surface area contributed by atoms with Gasteiger partial charge in [0, 0.05) is 19.0 Å². The lowest BCUT2D eigenvalue weighted by atomic mass is 9.90. The molecule has 0 aliphatic carbocycles. The first-order chi connectivity index (χ1) is 8.16. The lowest BCUT2D eigenvalue weighted by Crippen LogP contribution is -2.48. The molecule has 1 aliphatic rings. The van der Waals surface area contributed by atoms with Crippen LogP contribution in [0.5, 0.6) is 0 Å². The Morgan fingerprint density at radius 2 is 2.06 bits per heavy atom. The Bertz CT molecular complexity index is 416. The monoisotopic (exact) mass is 233 g/mol. The number of ketones is 1. The van der Waals surface area contributed by atoms with E-state index in [2.05, 4.69) is 5.32 Å². The fraction of sp³-hybridized carbons (Fsp3) is 0.385. The second-order valence-corrected chi connectivity index (χ2v) is 4.36. The number of Topliss-reactive ketones (excluding diaryl/α,β-unsaturated/α-hetero) is 1. The van der Waals surface area contributed by atoms with E-state index >= 15 is 0 Å². The number of hydrogen-bond donors (Lipinski definition) is 2. The van der Waals surface area contributed by atoms with Crippen LogP contribution in [0.3, 0.4) is 0 Å². The lowest BCUT2D eigenvalue weighted by molar-refractivity contribution is -0.147. The van der Waals surface area contributed by atoms with Crippen molar-refractivity contribution in [2.45, 2.75) is 18.9 Å². The summed E-state index contributed by atoms with van der Waals surface area (Å²) in [5, 5.41) is 12.0. The smallest absolute Gasteiger partial charge is 0.315 e. The van der Waals surface area contributed by atoms with Gasteiger partial charge in [0.25, 0.3) is 0 Å². The largest absolute Gasteiger partial charge is 0.481 e. The van der Waals surface area contributed by atoms with Crippen molar-refractivity contribution in [2.75, 3.05) is 6.54 Å². The van der Waals surface area contributed by atoms with Gasteiger partial charge in [-0.3, -0.25) is 9.59 Å². The van der Waals surface area contributed by atoms with E-state index in [1.807, 2.05) is 30.3 Å². The molecule has 2 N–H and O–H groups in total.